The van der Waals surface area contributed by atoms with Crippen LogP contribution < -0.4 is 5.23 Å². The minimum atomic E-state index is -1.11. The molecule has 0 atom stereocenters. The second-order valence-electron chi connectivity index (χ2n) is 2.10. The van der Waals surface area contributed by atoms with E-state index in [0.717, 1.165) is 5.56 Å². The molecule has 0 saturated heterocycles. The van der Waals surface area contributed by atoms with Gasteiger partial charge in [0.2, 0.25) is 0 Å². The van der Waals surface area contributed by atoms with E-state index in [4.69, 9.17) is 0 Å². The highest BCUT2D eigenvalue weighted by Crippen LogP contribution is 2.06. The molecular formula is C7H8NO2-. The first-order chi connectivity index (χ1) is 4.72. The predicted molar refractivity (Wildman–Crippen MR) is 38.5 cm³/mol. The van der Waals surface area contributed by atoms with Crippen molar-refractivity contribution in [1.29, 1.82) is 0 Å². The van der Waals surface area contributed by atoms with Crippen LogP contribution in [0.3, 0.4) is 0 Å². The van der Waals surface area contributed by atoms with Gasteiger partial charge in [0, 0.05) is 5.56 Å². The van der Waals surface area contributed by atoms with Gasteiger partial charge in [-0.25, -0.2) is 0 Å². The highest BCUT2D eigenvalue weighted by Gasteiger charge is 1.95. The van der Waals surface area contributed by atoms with Crippen molar-refractivity contribution < 1.29 is 5.23 Å². The molecule has 0 saturated carbocycles. The zero-order chi connectivity index (χ0) is 7.56. The molecule has 0 amide bonds. The van der Waals surface area contributed by atoms with Crippen LogP contribution in [0.25, 0.3) is 0 Å². The summed E-state index contributed by atoms with van der Waals surface area (Å²) in [5, 5.41) is 19.5. The van der Waals surface area contributed by atoms with E-state index in [2.05, 4.69) is 0 Å². The van der Waals surface area contributed by atoms with Gasteiger partial charge in [-0.3, -0.25) is 0 Å². The maximum Gasteiger partial charge on any atom is 0.134 e. The average molecular weight is 138 g/mol. The molecule has 0 aromatic heterocycles. The molecule has 0 aliphatic carbocycles. The molecule has 0 fully saturated rings. The Morgan fingerprint density at radius 1 is 1.20 bits per heavy atom. The van der Waals surface area contributed by atoms with Gasteiger partial charge in [0.05, 0.1) is 0 Å². The first kappa shape index (κ1) is 7.21. The van der Waals surface area contributed by atoms with Gasteiger partial charge in [0.15, 0.2) is 0 Å². The highest BCUT2D eigenvalue weighted by molar-refractivity contribution is 5.38. The van der Waals surface area contributed by atoms with Crippen molar-refractivity contribution in [1.82, 2.24) is 0 Å². The largest absolute Gasteiger partial charge is 0.628 e. The molecule has 0 aliphatic heterocycles. The molecule has 1 rings (SSSR count). The average Bonchev–Trinajstić information content (AvgIpc) is 1.88. The normalized spacial score (nSPS) is 10.4. The summed E-state index contributed by atoms with van der Waals surface area (Å²) in [6.45, 7) is 1.74. The molecule has 10 heavy (non-hydrogen) atoms. The first-order valence-electron chi connectivity index (χ1n) is 2.99. The Bertz CT molecular complexity index is 223. The lowest BCUT2D eigenvalue weighted by Crippen LogP contribution is -2.96. The Kier molecular flexibility index (Phi) is 2.01. The van der Waals surface area contributed by atoms with Gasteiger partial charge < -0.3 is 15.6 Å². The summed E-state index contributed by atoms with van der Waals surface area (Å²) in [5.74, 6) is 0. The molecule has 0 bridgehead atoms. The summed E-state index contributed by atoms with van der Waals surface area (Å²) >= 11 is 0. The van der Waals surface area contributed by atoms with Gasteiger partial charge in [-0.15, -0.1) is 0 Å². The summed E-state index contributed by atoms with van der Waals surface area (Å²) in [6, 6.07) is 6.75. The Labute approximate surface area is 59.1 Å². The van der Waals surface area contributed by atoms with Crippen LogP contribution in [0.1, 0.15) is 5.56 Å². The van der Waals surface area contributed by atoms with E-state index < -0.39 is 5.23 Å². The number of aryl methyl sites for hydroxylation is 1. The molecule has 3 heteroatoms. The second kappa shape index (κ2) is 2.79. The molecule has 0 heterocycles. The van der Waals surface area contributed by atoms with Crippen LogP contribution >= 0.6 is 0 Å². The fourth-order valence-electron chi connectivity index (χ4n) is 0.802. The van der Waals surface area contributed by atoms with Crippen LogP contribution in [0.15, 0.2) is 24.3 Å². The van der Waals surface area contributed by atoms with E-state index in [1.807, 2.05) is 0 Å². The molecule has 3 nitrogen and oxygen atoms in total. The van der Waals surface area contributed by atoms with Crippen LogP contribution in [0.2, 0.25) is 0 Å². The van der Waals surface area contributed by atoms with Crippen molar-refractivity contribution in [2.45, 2.75) is 6.92 Å². The quantitative estimate of drug-likeness (QED) is 0.575. The molecule has 1 aromatic carbocycles. The van der Waals surface area contributed by atoms with Gasteiger partial charge in [0.25, 0.3) is 0 Å². The summed E-state index contributed by atoms with van der Waals surface area (Å²) < 4.78 is 0. The molecule has 54 valence electrons. The number of quaternary nitrogens is 1. The summed E-state index contributed by atoms with van der Waals surface area (Å²) in [5.41, 5.74) is 1.00. The molecule has 0 radical (unpaired) electrons. The fourth-order valence-corrected chi connectivity index (χ4v) is 0.802. The van der Waals surface area contributed by atoms with Crippen LogP contribution in [-0.2, 0) is 0 Å². The predicted octanol–water partition coefficient (Wildman–Crippen LogP) is 0.507. The van der Waals surface area contributed by atoms with Crippen LogP contribution in [-0.4, -0.2) is 0 Å². The number of hydrogen-bond donors (Lipinski definition) is 1. The zero-order valence-corrected chi connectivity index (χ0v) is 5.63. The van der Waals surface area contributed by atoms with Crippen LogP contribution in [0, 0.1) is 17.3 Å². The maximum absolute atomic E-state index is 10.3. The molecule has 1 N–H and O–H groups in total. The minimum Gasteiger partial charge on any atom is -0.628 e. The van der Waals surface area contributed by atoms with E-state index in [-0.39, 0.29) is 5.69 Å². The number of benzene rings is 1. The monoisotopic (exact) mass is 138 g/mol. The highest BCUT2D eigenvalue weighted by atomic mass is 16.8. The Morgan fingerprint density at radius 3 is 2.20 bits per heavy atom. The number of rotatable bonds is 1. The van der Waals surface area contributed by atoms with E-state index in [9.17, 15) is 10.4 Å². The minimum absolute atomic E-state index is 0.266. The van der Waals surface area contributed by atoms with Gasteiger partial charge >= 0.3 is 0 Å². The third-order valence-electron chi connectivity index (χ3n) is 1.36. The topological polar surface area (TPSA) is 50.6 Å². The van der Waals surface area contributed by atoms with Crippen molar-refractivity contribution in [3.05, 3.63) is 40.2 Å². The first-order valence-corrected chi connectivity index (χ1v) is 2.99. The van der Waals surface area contributed by atoms with Crippen molar-refractivity contribution in [3.63, 3.8) is 0 Å². The lowest BCUT2D eigenvalue weighted by molar-refractivity contribution is -0.715. The molecule has 0 spiro atoms. The van der Waals surface area contributed by atoms with Crippen LogP contribution in [0.4, 0.5) is 5.69 Å². The van der Waals surface area contributed by atoms with Gasteiger partial charge in [-0.05, 0) is 13.0 Å². The Hall–Kier alpha value is -0.900. The van der Waals surface area contributed by atoms with Gasteiger partial charge in [-0.1, -0.05) is 18.2 Å². The second-order valence-corrected chi connectivity index (χ2v) is 2.10. The van der Waals surface area contributed by atoms with Crippen molar-refractivity contribution in [2.75, 3.05) is 0 Å². The van der Waals surface area contributed by atoms with Crippen molar-refractivity contribution in [3.8, 4) is 0 Å². The van der Waals surface area contributed by atoms with Gasteiger partial charge in [-0.2, -0.15) is 0 Å². The summed E-state index contributed by atoms with van der Waals surface area (Å²) in [6.07, 6.45) is 0. The van der Waals surface area contributed by atoms with E-state index in [1.165, 1.54) is 6.07 Å². The lowest BCUT2D eigenvalue weighted by Gasteiger charge is -2.25. The number of nitrogens with one attached hydrogen (secondary N) is 1. The molecular weight excluding hydrogens is 130 g/mol. The number of hydrogen-bond acceptors (Lipinski definition) is 2. The van der Waals surface area contributed by atoms with Crippen LogP contribution in [0.5, 0.6) is 0 Å². The molecule has 1 aromatic rings. The standard InChI is InChI=1S/C7H8NO2/c1-6-4-2-3-5-7(6)8(9)10/h2-5,8H,1H3/q-1. The summed E-state index contributed by atoms with van der Waals surface area (Å²) in [7, 11) is 0. The van der Waals surface area contributed by atoms with E-state index >= 15 is 0 Å². The Balaban J connectivity index is 3.03. The summed E-state index contributed by atoms with van der Waals surface area (Å²) in [4.78, 5) is 0. The SMILES string of the molecule is Cc1ccccc1[NH+]([O-])[O-]. The third-order valence-corrected chi connectivity index (χ3v) is 1.36. The van der Waals surface area contributed by atoms with E-state index in [1.54, 1.807) is 25.1 Å². The lowest BCUT2D eigenvalue weighted by atomic mass is 10.2. The molecule has 0 unspecified atom stereocenters. The maximum atomic E-state index is 10.3. The zero-order valence-electron chi connectivity index (χ0n) is 5.63. The smallest absolute Gasteiger partial charge is 0.134 e. The third kappa shape index (κ3) is 1.33. The van der Waals surface area contributed by atoms with Crippen molar-refractivity contribution >= 4 is 5.69 Å². The fraction of sp³-hybridized carbons (Fsp3) is 0.143. The van der Waals surface area contributed by atoms with Crippen molar-refractivity contribution in [2.24, 2.45) is 0 Å². The van der Waals surface area contributed by atoms with Gasteiger partial charge in [0.1, 0.15) is 5.69 Å². The Morgan fingerprint density at radius 2 is 1.80 bits per heavy atom. The molecule has 0 aliphatic rings. The van der Waals surface area contributed by atoms with E-state index in [0.29, 0.717) is 0 Å².